The van der Waals surface area contributed by atoms with E-state index >= 15 is 0 Å². The Hall–Kier alpha value is -1.18. The molecule has 0 unspecified atom stereocenters. The van der Waals surface area contributed by atoms with Gasteiger partial charge in [0.2, 0.25) is 0 Å². The maximum Gasteiger partial charge on any atom is 0.408 e. The molecule has 1 spiro atoms. The lowest BCUT2D eigenvalue weighted by Gasteiger charge is -2.58. The molecule has 3 rings (SSSR count). The van der Waals surface area contributed by atoms with Crippen LogP contribution < -0.4 is 5.32 Å². The molecule has 0 bridgehead atoms. The number of aliphatic hydroxyl groups is 1. The Balaban J connectivity index is 1.73. The lowest BCUT2D eigenvalue weighted by atomic mass is 9.48. The predicted octanol–water partition coefficient (Wildman–Crippen LogP) is 3.47. The zero-order valence-corrected chi connectivity index (χ0v) is 20.0. The summed E-state index contributed by atoms with van der Waals surface area (Å²) in [5.41, 5.74) is -0.848. The molecular formula is C24H41NO6. The summed E-state index contributed by atoms with van der Waals surface area (Å²) in [7, 11) is 1.68. The molecular weight excluding hydrogens is 398 g/mol. The Bertz CT molecular complexity index is 655. The van der Waals surface area contributed by atoms with Crippen molar-refractivity contribution in [1.82, 2.24) is 5.32 Å². The number of nitrogens with one attached hydrogen (secondary N) is 1. The highest BCUT2D eigenvalue weighted by atomic mass is 16.6. The van der Waals surface area contributed by atoms with Crippen molar-refractivity contribution in [3.05, 3.63) is 0 Å². The van der Waals surface area contributed by atoms with Crippen LogP contribution in [0.25, 0.3) is 0 Å². The Kier molecular flexibility index (Phi) is 7.09. The molecule has 0 aromatic rings. The number of methoxy groups -OCH3 is 1. The minimum Gasteiger partial charge on any atom is -0.443 e. The molecule has 3 aliphatic rings. The zero-order chi connectivity index (χ0) is 23.0. The van der Waals surface area contributed by atoms with Crippen molar-refractivity contribution >= 4 is 12.4 Å². The third-order valence-electron chi connectivity index (χ3n) is 8.09. The highest BCUT2D eigenvalue weighted by Gasteiger charge is 2.67. The van der Waals surface area contributed by atoms with Crippen molar-refractivity contribution in [2.75, 3.05) is 13.7 Å². The number of carbonyl (C=O) groups is 2. The zero-order valence-electron chi connectivity index (χ0n) is 20.0. The number of hydrogen-bond acceptors (Lipinski definition) is 6. The fourth-order valence-corrected chi connectivity index (χ4v) is 5.91. The highest BCUT2D eigenvalue weighted by Crippen LogP contribution is 2.64. The van der Waals surface area contributed by atoms with Gasteiger partial charge in [-0.1, -0.05) is 20.8 Å². The van der Waals surface area contributed by atoms with Gasteiger partial charge in [-0.15, -0.1) is 0 Å². The molecule has 7 nitrogen and oxygen atoms in total. The number of ether oxygens (including phenoxy) is 3. The van der Waals surface area contributed by atoms with E-state index in [9.17, 15) is 14.7 Å². The molecule has 1 heterocycles. The van der Waals surface area contributed by atoms with Crippen LogP contribution in [0, 0.1) is 23.2 Å². The Morgan fingerprint density at radius 3 is 2.45 bits per heavy atom. The van der Waals surface area contributed by atoms with E-state index in [0.717, 1.165) is 45.0 Å². The predicted molar refractivity (Wildman–Crippen MR) is 117 cm³/mol. The first kappa shape index (κ1) is 24.5. The van der Waals surface area contributed by atoms with Gasteiger partial charge in [-0.2, -0.15) is 0 Å². The summed E-state index contributed by atoms with van der Waals surface area (Å²) >= 11 is 0. The minimum absolute atomic E-state index is 0.00377. The van der Waals surface area contributed by atoms with E-state index in [4.69, 9.17) is 14.2 Å². The molecule has 2 saturated carbocycles. The molecule has 0 aromatic heterocycles. The molecule has 0 aromatic carbocycles. The van der Waals surface area contributed by atoms with Crippen molar-refractivity contribution in [2.45, 2.75) is 103 Å². The Labute approximate surface area is 186 Å². The third kappa shape index (κ3) is 5.09. The van der Waals surface area contributed by atoms with Crippen LogP contribution in [0.3, 0.4) is 0 Å². The normalized spacial score (nSPS) is 38.5. The summed E-state index contributed by atoms with van der Waals surface area (Å²) in [5.74, 6) is 0.607. The number of epoxide rings is 1. The SMILES string of the molecule is CO[C@@H]1[C@H](OC(=O)N[C@@H](C=O)C(C)C)CC[C@]2(CO2)[C@H]1[C@@]1(C)CC[C@@H]1CCC(C)(C)O. The molecule has 1 amide bonds. The quantitative estimate of drug-likeness (QED) is 0.422. The number of hydrogen-bond donors (Lipinski definition) is 2. The van der Waals surface area contributed by atoms with Crippen LogP contribution in [0.15, 0.2) is 0 Å². The van der Waals surface area contributed by atoms with Crippen LogP contribution in [0.1, 0.15) is 73.1 Å². The number of rotatable bonds is 9. The van der Waals surface area contributed by atoms with Crippen molar-refractivity contribution < 1.29 is 28.9 Å². The van der Waals surface area contributed by atoms with Gasteiger partial charge in [-0.25, -0.2) is 4.79 Å². The van der Waals surface area contributed by atoms with Crippen molar-refractivity contribution in [1.29, 1.82) is 0 Å². The van der Waals surface area contributed by atoms with Gasteiger partial charge in [0.05, 0.1) is 23.9 Å². The topological polar surface area (TPSA) is 97.4 Å². The van der Waals surface area contributed by atoms with Gasteiger partial charge in [0.15, 0.2) is 0 Å². The molecule has 3 fully saturated rings. The van der Waals surface area contributed by atoms with Crippen molar-refractivity contribution in [2.24, 2.45) is 23.2 Å². The van der Waals surface area contributed by atoms with Gasteiger partial charge in [-0.05, 0) is 69.6 Å². The highest BCUT2D eigenvalue weighted by molar-refractivity contribution is 5.73. The van der Waals surface area contributed by atoms with Crippen LogP contribution in [-0.2, 0) is 19.0 Å². The van der Waals surface area contributed by atoms with Gasteiger partial charge in [0, 0.05) is 13.0 Å². The van der Waals surface area contributed by atoms with Gasteiger partial charge in [0.25, 0.3) is 0 Å². The van der Waals surface area contributed by atoms with Gasteiger partial charge >= 0.3 is 6.09 Å². The van der Waals surface area contributed by atoms with Crippen LogP contribution in [0.2, 0.25) is 0 Å². The van der Waals surface area contributed by atoms with Gasteiger partial charge in [-0.3, -0.25) is 0 Å². The maximum atomic E-state index is 12.5. The van der Waals surface area contributed by atoms with Crippen LogP contribution in [-0.4, -0.2) is 60.7 Å². The Morgan fingerprint density at radius 1 is 1.32 bits per heavy atom. The fourth-order valence-electron chi connectivity index (χ4n) is 5.91. The van der Waals surface area contributed by atoms with E-state index in [1.165, 1.54) is 0 Å². The second-order valence-corrected chi connectivity index (χ2v) is 11.2. The van der Waals surface area contributed by atoms with E-state index in [1.807, 2.05) is 27.7 Å². The molecule has 0 radical (unpaired) electrons. The molecule has 1 saturated heterocycles. The molecule has 31 heavy (non-hydrogen) atoms. The van der Waals surface area contributed by atoms with Gasteiger partial charge < -0.3 is 29.4 Å². The third-order valence-corrected chi connectivity index (χ3v) is 8.09. The molecule has 1 aliphatic heterocycles. The summed E-state index contributed by atoms with van der Waals surface area (Å²) < 4.78 is 17.8. The largest absolute Gasteiger partial charge is 0.443 e. The van der Waals surface area contributed by atoms with Crippen LogP contribution in [0.5, 0.6) is 0 Å². The average molecular weight is 440 g/mol. The minimum atomic E-state index is -0.674. The average Bonchev–Trinajstić information content (AvgIpc) is 3.44. The van der Waals surface area contributed by atoms with E-state index in [0.29, 0.717) is 12.3 Å². The number of alkyl carbamates (subject to hydrolysis) is 1. The van der Waals surface area contributed by atoms with Crippen molar-refractivity contribution in [3.8, 4) is 0 Å². The monoisotopic (exact) mass is 439 g/mol. The lowest BCUT2D eigenvalue weighted by molar-refractivity contribution is -0.174. The molecule has 7 atom stereocenters. The van der Waals surface area contributed by atoms with Crippen LogP contribution in [0.4, 0.5) is 4.79 Å². The maximum absolute atomic E-state index is 12.5. The molecule has 2 aliphatic carbocycles. The second-order valence-electron chi connectivity index (χ2n) is 11.2. The lowest BCUT2D eigenvalue weighted by Crippen LogP contribution is -2.61. The first-order chi connectivity index (χ1) is 14.5. The van der Waals surface area contributed by atoms with Gasteiger partial charge in [0.1, 0.15) is 18.5 Å². The molecule has 178 valence electrons. The standard InChI is InChI=1S/C24H41NO6/c1-15(2)17(13-26)25-21(27)31-18-9-12-24(14-30-24)20(19(18)29-6)23(5)11-8-16(23)7-10-22(3,4)28/h13,15-20,28H,7-12,14H2,1-6H3,(H,25,27)/t16-,17-,18+,19+,20+,23-,24-/m0/s1. The number of amides is 1. The summed E-state index contributed by atoms with van der Waals surface area (Å²) in [4.78, 5) is 23.8. The molecule has 7 heteroatoms. The first-order valence-corrected chi connectivity index (χ1v) is 11.8. The fraction of sp³-hybridized carbons (Fsp3) is 0.917. The smallest absolute Gasteiger partial charge is 0.408 e. The number of aldehydes is 1. The molecule has 2 N–H and O–H groups in total. The van der Waals surface area contributed by atoms with E-state index in [2.05, 4.69) is 12.2 Å². The summed E-state index contributed by atoms with van der Waals surface area (Å²) in [5, 5.41) is 12.9. The van der Waals surface area contributed by atoms with E-state index < -0.39 is 17.7 Å². The van der Waals surface area contributed by atoms with Crippen LogP contribution >= 0.6 is 0 Å². The Morgan fingerprint density at radius 2 is 2.00 bits per heavy atom. The first-order valence-electron chi connectivity index (χ1n) is 11.8. The summed E-state index contributed by atoms with van der Waals surface area (Å²) in [6.45, 7) is 10.5. The number of carbonyl (C=O) groups excluding carboxylic acids is 2. The van der Waals surface area contributed by atoms with E-state index in [1.54, 1.807) is 7.11 Å². The van der Waals surface area contributed by atoms with E-state index in [-0.39, 0.29) is 35.1 Å². The second kappa shape index (κ2) is 8.99. The van der Waals surface area contributed by atoms with Crippen molar-refractivity contribution in [3.63, 3.8) is 0 Å². The summed E-state index contributed by atoms with van der Waals surface area (Å²) in [6.07, 6.45) is 5.00. The summed E-state index contributed by atoms with van der Waals surface area (Å²) in [6, 6.07) is -0.568.